The van der Waals surface area contributed by atoms with Crippen LogP contribution >= 0.6 is 11.8 Å². The summed E-state index contributed by atoms with van der Waals surface area (Å²) < 4.78 is 0. The zero-order valence-electron chi connectivity index (χ0n) is 7.94. The standard InChI is InChI=1S/C8H10N2O4S/c1-3-5(7(12)10-6(3)11)15-2-4(9)8(13)14/h4H,2,9H2,1H3,(H,13,14)(H,10,11,12)/t4-/m0/s1. The first-order valence-corrected chi connectivity index (χ1v) is 5.09. The molecule has 1 aliphatic rings. The molecule has 2 amide bonds. The first kappa shape index (κ1) is 11.7. The highest BCUT2D eigenvalue weighted by molar-refractivity contribution is 8.04. The molecule has 82 valence electrons. The normalized spacial score (nSPS) is 18.0. The maximum Gasteiger partial charge on any atom is 0.321 e. The van der Waals surface area contributed by atoms with Crippen molar-refractivity contribution in [2.75, 3.05) is 5.75 Å². The van der Waals surface area contributed by atoms with Crippen LogP contribution in [0.1, 0.15) is 6.92 Å². The van der Waals surface area contributed by atoms with Gasteiger partial charge in [0.2, 0.25) is 0 Å². The van der Waals surface area contributed by atoms with E-state index in [-0.39, 0.29) is 10.7 Å². The predicted octanol–water partition coefficient (Wildman–Crippen LogP) is -0.938. The lowest BCUT2D eigenvalue weighted by Crippen LogP contribution is -2.32. The van der Waals surface area contributed by atoms with Crippen LogP contribution in [0.15, 0.2) is 10.5 Å². The van der Waals surface area contributed by atoms with Crippen LogP contribution in [0.4, 0.5) is 0 Å². The fourth-order valence-corrected chi connectivity index (χ4v) is 1.93. The molecule has 1 rings (SSSR count). The summed E-state index contributed by atoms with van der Waals surface area (Å²) in [7, 11) is 0. The van der Waals surface area contributed by atoms with E-state index < -0.39 is 23.8 Å². The van der Waals surface area contributed by atoms with Crippen molar-refractivity contribution in [3.63, 3.8) is 0 Å². The molecule has 0 spiro atoms. The highest BCUT2D eigenvalue weighted by Gasteiger charge is 2.28. The number of imide groups is 1. The van der Waals surface area contributed by atoms with Crippen molar-refractivity contribution in [1.29, 1.82) is 0 Å². The molecule has 7 heteroatoms. The van der Waals surface area contributed by atoms with Crippen molar-refractivity contribution in [3.05, 3.63) is 10.5 Å². The number of nitrogens with one attached hydrogen (secondary N) is 1. The molecule has 0 saturated carbocycles. The summed E-state index contributed by atoms with van der Waals surface area (Å²) in [6, 6.07) is -1.04. The molecule has 0 aromatic heterocycles. The van der Waals surface area contributed by atoms with Crippen LogP contribution in [0.5, 0.6) is 0 Å². The zero-order chi connectivity index (χ0) is 11.6. The molecule has 0 radical (unpaired) electrons. The average Bonchev–Trinajstić information content (AvgIpc) is 2.38. The minimum absolute atomic E-state index is 0.0582. The fraction of sp³-hybridized carbons (Fsp3) is 0.375. The van der Waals surface area contributed by atoms with Crippen molar-refractivity contribution in [2.45, 2.75) is 13.0 Å². The van der Waals surface area contributed by atoms with E-state index in [2.05, 4.69) is 5.32 Å². The van der Waals surface area contributed by atoms with Gasteiger partial charge in [0.15, 0.2) is 0 Å². The number of thioether (sulfide) groups is 1. The van der Waals surface area contributed by atoms with Crippen molar-refractivity contribution in [2.24, 2.45) is 5.73 Å². The van der Waals surface area contributed by atoms with Crippen molar-refractivity contribution in [1.82, 2.24) is 5.32 Å². The van der Waals surface area contributed by atoms with Gasteiger partial charge in [0.05, 0.1) is 4.91 Å². The summed E-state index contributed by atoms with van der Waals surface area (Å²) >= 11 is 0.981. The van der Waals surface area contributed by atoms with Gasteiger partial charge in [-0.3, -0.25) is 19.7 Å². The van der Waals surface area contributed by atoms with E-state index in [1.807, 2.05) is 0 Å². The summed E-state index contributed by atoms with van der Waals surface area (Å²) in [5, 5.41) is 10.6. The Kier molecular flexibility index (Phi) is 3.48. The minimum atomic E-state index is -1.13. The van der Waals surface area contributed by atoms with Crippen LogP contribution in [0.2, 0.25) is 0 Å². The number of amides is 2. The third-order valence-electron chi connectivity index (χ3n) is 1.84. The highest BCUT2D eigenvalue weighted by atomic mass is 32.2. The SMILES string of the molecule is CC1=C(SC[C@H](N)C(=O)O)C(=O)NC1=O. The topological polar surface area (TPSA) is 109 Å². The summed E-state index contributed by atoms with van der Waals surface area (Å²) in [6.45, 7) is 1.51. The Labute approximate surface area is 89.9 Å². The number of nitrogens with two attached hydrogens (primary N) is 1. The Morgan fingerprint density at radius 3 is 2.53 bits per heavy atom. The monoisotopic (exact) mass is 230 g/mol. The van der Waals surface area contributed by atoms with Crippen LogP contribution in [0.25, 0.3) is 0 Å². The smallest absolute Gasteiger partial charge is 0.321 e. The van der Waals surface area contributed by atoms with E-state index in [0.29, 0.717) is 5.57 Å². The molecule has 0 bridgehead atoms. The first-order valence-electron chi connectivity index (χ1n) is 4.11. The molecule has 0 saturated heterocycles. The van der Waals surface area contributed by atoms with Gasteiger partial charge in [-0.25, -0.2) is 0 Å². The van der Waals surface area contributed by atoms with E-state index in [9.17, 15) is 14.4 Å². The molecular weight excluding hydrogens is 220 g/mol. The third-order valence-corrected chi connectivity index (χ3v) is 3.14. The van der Waals surface area contributed by atoms with Gasteiger partial charge < -0.3 is 10.8 Å². The van der Waals surface area contributed by atoms with Crippen molar-refractivity contribution in [3.8, 4) is 0 Å². The van der Waals surface area contributed by atoms with Crippen LogP contribution in [-0.4, -0.2) is 34.7 Å². The molecule has 1 aliphatic heterocycles. The number of rotatable bonds is 4. The van der Waals surface area contributed by atoms with Crippen molar-refractivity contribution < 1.29 is 19.5 Å². The molecule has 15 heavy (non-hydrogen) atoms. The number of aliphatic carboxylic acids is 1. The minimum Gasteiger partial charge on any atom is -0.480 e. The molecule has 0 unspecified atom stereocenters. The highest BCUT2D eigenvalue weighted by Crippen LogP contribution is 2.24. The second-order valence-corrected chi connectivity index (χ2v) is 4.02. The van der Waals surface area contributed by atoms with Crippen molar-refractivity contribution >= 4 is 29.5 Å². The Morgan fingerprint density at radius 1 is 1.53 bits per heavy atom. The molecule has 0 aromatic carbocycles. The summed E-state index contributed by atoms with van der Waals surface area (Å²) in [4.78, 5) is 32.9. The molecule has 1 heterocycles. The summed E-state index contributed by atoms with van der Waals surface area (Å²) in [5.74, 6) is -2.00. The lowest BCUT2D eigenvalue weighted by molar-refractivity contribution is -0.138. The van der Waals surface area contributed by atoms with Gasteiger partial charge in [-0.15, -0.1) is 11.8 Å². The molecule has 0 aromatic rings. The van der Waals surface area contributed by atoms with Gasteiger partial charge in [-0.2, -0.15) is 0 Å². The number of carboxylic acids is 1. The quantitative estimate of drug-likeness (QED) is 0.538. The molecule has 4 N–H and O–H groups in total. The number of carboxylic acid groups (broad SMARTS) is 1. The Morgan fingerprint density at radius 2 is 2.13 bits per heavy atom. The molecule has 0 aliphatic carbocycles. The number of hydrogen-bond donors (Lipinski definition) is 3. The Hall–Kier alpha value is -1.34. The van der Waals surface area contributed by atoms with Gasteiger partial charge in [-0.05, 0) is 6.92 Å². The van der Waals surface area contributed by atoms with Crippen LogP contribution in [0, 0.1) is 0 Å². The second-order valence-electron chi connectivity index (χ2n) is 2.99. The number of carbonyl (C=O) groups excluding carboxylic acids is 2. The van der Waals surface area contributed by atoms with Gasteiger partial charge in [0.25, 0.3) is 11.8 Å². The summed E-state index contributed by atoms with van der Waals surface area (Å²) in [5.41, 5.74) is 5.57. The van der Waals surface area contributed by atoms with Crippen LogP contribution in [0.3, 0.4) is 0 Å². The second kappa shape index (κ2) is 4.45. The fourth-order valence-electron chi connectivity index (χ4n) is 0.945. The van der Waals surface area contributed by atoms with E-state index in [4.69, 9.17) is 10.8 Å². The lowest BCUT2D eigenvalue weighted by atomic mass is 10.3. The molecule has 1 atom stereocenters. The van der Waals surface area contributed by atoms with Gasteiger partial charge in [0.1, 0.15) is 6.04 Å². The maximum atomic E-state index is 11.2. The number of carbonyl (C=O) groups is 3. The predicted molar refractivity (Wildman–Crippen MR) is 53.9 cm³/mol. The molecular formula is C8H10N2O4S. The molecule has 0 fully saturated rings. The molecule has 6 nitrogen and oxygen atoms in total. The van der Waals surface area contributed by atoms with E-state index in [1.54, 1.807) is 0 Å². The lowest BCUT2D eigenvalue weighted by Gasteiger charge is -2.05. The van der Waals surface area contributed by atoms with Crippen LogP contribution < -0.4 is 11.1 Å². The third kappa shape index (κ3) is 2.57. The largest absolute Gasteiger partial charge is 0.480 e. The van der Waals surface area contributed by atoms with E-state index >= 15 is 0 Å². The van der Waals surface area contributed by atoms with Crippen LogP contribution in [-0.2, 0) is 14.4 Å². The average molecular weight is 230 g/mol. The summed E-state index contributed by atoms with van der Waals surface area (Å²) in [6.07, 6.45) is 0. The number of hydrogen-bond acceptors (Lipinski definition) is 5. The zero-order valence-corrected chi connectivity index (χ0v) is 8.76. The Balaban J connectivity index is 2.63. The van der Waals surface area contributed by atoms with Gasteiger partial charge >= 0.3 is 5.97 Å². The van der Waals surface area contributed by atoms with Gasteiger partial charge in [0, 0.05) is 11.3 Å². The van der Waals surface area contributed by atoms with E-state index in [0.717, 1.165) is 11.8 Å². The first-order chi connectivity index (χ1) is 6.93. The van der Waals surface area contributed by atoms with Gasteiger partial charge in [-0.1, -0.05) is 0 Å². The van der Waals surface area contributed by atoms with E-state index in [1.165, 1.54) is 6.92 Å². The maximum absolute atomic E-state index is 11.2. The Bertz CT molecular complexity index is 364.